The number of rotatable bonds is 5. The number of fused-ring (bicyclic) bond motifs is 1. The van der Waals surface area contributed by atoms with Crippen molar-refractivity contribution in [3.63, 3.8) is 0 Å². The van der Waals surface area contributed by atoms with Crippen molar-refractivity contribution in [2.24, 2.45) is 0 Å². The number of ether oxygens (including phenoxy) is 2. The fourth-order valence-corrected chi connectivity index (χ4v) is 2.27. The highest BCUT2D eigenvalue weighted by atomic mass is 19.4. The lowest BCUT2D eigenvalue weighted by molar-refractivity contribution is -0.274. The van der Waals surface area contributed by atoms with Crippen LogP contribution in [0.25, 0.3) is 11.0 Å². The van der Waals surface area contributed by atoms with E-state index in [0.29, 0.717) is 17.0 Å². The molecule has 3 rings (SSSR count). The molecule has 0 unspecified atom stereocenters. The molecule has 0 saturated heterocycles. The SMILES string of the molecule is CC(C)Oc1ccc(Nc2nc3ccc(OC(F)(F)F)cc3[nH]2)cc1. The maximum absolute atomic E-state index is 12.3. The van der Waals surface area contributed by atoms with E-state index in [1.54, 1.807) is 0 Å². The fourth-order valence-electron chi connectivity index (χ4n) is 2.27. The first-order valence-corrected chi connectivity index (χ1v) is 7.58. The molecular formula is C17H16F3N3O2. The normalized spacial score (nSPS) is 11.8. The van der Waals surface area contributed by atoms with Gasteiger partial charge in [0, 0.05) is 11.8 Å². The van der Waals surface area contributed by atoms with Crippen molar-refractivity contribution in [3.05, 3.63) is 42.5 Å². The van der Waals surface area contributed by atoms with Gasteiger partial charge in [0.1, 0.15) is 11.5 Å². The molecule has 1 aromatic heterocycles. The van der Waals surface area contributed by atoms with E-state index in [4.69, 9.17) is 4.74 Å². The number of imidazole rings is 1. The van der Waals surface area contributed by atoms with Crippen molar-refractivity contribution in [1.29, 1.82) is 0 Å². The molecule has 0 fully saturated rings. The number of aromatic amines is 1. The topological polar surface area (TPSA) is 59.2 Å². The monoisotopic (exact) mass is 351 g/mol. The van der Waals surface area contributed by atoms with Crippen molar-refractivity contribution in [3.8, 4) is 11.5 Å². The van der Waals surface area contributed by atoms with Crippen LogP contribution in [0.1, 0.15) is 13.8 Å². The molecule has 2 N–H and O–H groups in total. The van der Waals surface area contributed by atoms with Gasteiger partial charge in [0.15, 0.2) is 0 Å². The van der Waals surface area contributed by atoms with Crippen LogP contribution in [0.3, 0.4) is 0 Å². The van der Waals surface area contributed by atoms with Crippen LogP contribution in [0.2, 0.25) is 0 Å². The highest BCUT2D eigenvalue weighted by molar-refractivity contribution is 5.79. The number of nitrogens with one attached hydrogen (secondary N) is 2. The van der Waals surface area contributed by atoms with Crippen LogP contribution in [0.5, 0.6) is 11.5 Å². The summed E-state index contributed by atoms with van der Waals surface area (Å²) in [6.07, 6.45) is -4.64. The lowest BCUT2D eigenvalue weighted by Crippen LogP contribution is -2.16. The Morgan fingerprint density at radius 2 is 1.72 bits per heavy atom. The van der Waals surface area contributed by atoms with E-state index in [9.17, 15) is 13.2 Å². The molecule has 8 heteroatoms. The average molecular weight is 351 g/mol. The van der Waals surface area contributed by atoms with Gasteiger partial charge in [0.05, 0.1) is 17.1 Å². The summed E-state index contributed by atoms with van der Waals surface area (Å²) in [4.78, 5) is 7.20. The van der Waals surface area contributed by atoms with E-state index >= 15 is 0 Å². The zero-order valence-electron chi connectivity index (χ0n) is 13.5. The lowest BCUT2D eigenvalue weighted by Gasteiger charge is -2.10. The minimum absolute atomic E-state index is 0.0855. The van der Waals surface area contributed by atoms with Crippen LogP contribution in [0.4, 0.5) is 24.8 Å². The smallest absolute Gasteiger partial charge is 0.491 e. The highest BCUT2D eigenvalue weighted by Crippen LogP contribution is 2.27. The average Bonchev–Trinajstić information content (AvgIpc) is 2.88. The molecule has 0 aliphatic carbocycles. The number of anilines is 2. The molecule has 25 heavy (non-hydrogen) atoms. The van der Waals surface area contributed by atoms with Gasteiger partial charge in [-0.05, 0) is 50.2 Å². The Hall–Kier alpha value is -2.90. The van der Waals surface area contributed by atoms with E-state index in [-0.39, 0.29) is 11.9 Å². The molecule has 5 nitrogen and oxygen atoms in total. The number of aromatic nitrogens is 2. The third-order valence-corrected chi connectivity index (χ3v) is 3.18. The van der Waals surface area contributed by atoms with Crippen LogP contribution >= 0.6 is 0 Å². The maximum atomic E-state index is 12.3. The fraction of sp³-hybridized carbons (Fsp3) is 0.235. The molecule has 132 valence electrons. The summed E-state index contributed by atoms with van der Waals surface area (Å²) in [7, 11) is 0. The van der Waals surface area contributed by atoms with Crippen molar-refractivity contribution >= 4 is 22.7 Å². The summed E-state index contributed by atoms with van der Waals surface area (Å²) < 4.78 is 46.3. The first-order chi connectivity index (χ1) is 11.8. The molecule has 3 aromatic rings. The lowest BCUT2D eigenvalue weighted by atomic mass is 10.3. The highest BCUT2D eigenvalue weighted by Gasteiger charge is 2.31. The predicted octanol–water partition coefficient (Wildman–Crippen LogP) is 4.99. The Morgan fingerprint density at radius 3 is 2.36 bits per heavy atom. The molecular weight excluding hydrogens is 335 g/mol. The minimum Gasteiger partial charge on any atom is -0.491 e. The molecule has 0 aliphatic heterocycles. The van der Waals surface area contributed by atoms with Crippen LogP contribution in [0.15, 0.2) is 42.5 Å². The number of hydrogen-bond donors (Lipinski definition) is 2. The summed E-state index contributed by atoms with van der Waals surface area (Å²) in [5.41, 5.74) is 1.72. The van der Waals surface area contributed by atoms with Crippen LogP contribution in [-0.2, 0) is 0 Å². The minimum atomic E-state index is -4.73. The van der Waals surface area contributed by atoms with E-state index in [1.807, 2.05) is 38.1 Å². The maximum Gasteiger partial charge on any atom is 0.573 e. The third-order valence-electron chi connectivity index (χ3n) is 3.18. The number of H-pyrrole nitrogens is 1. The second kappa shape index (κ2) is 6.54. The quantitative estimate of drug-likeness (QED) is 0.680. The van der Waals surface area contributed by atoms with Crippen LogP contribution in [0, 0.1) is 0 Å². The second-order valence-corrected chi connectivity index (χ2v) is 5.63. The van der Waals surface area contributed by atoms with Gasteiger partial charge in [0.25, 0.3) is 0 Å². The summed E-state index contributed by atoms with van der Waals surface area (Å²) in [6, 6.07) is 11.2. The standard InChI is InChI=1S/C17H16F3N3O2/c1-10(2)24-12-5-3-11(4-6-12)21-16-22-14-8-7-13(9-15(14)23-16)25-17(18,19)20/h3-10H,1-2H3,(H2,21,22,23). The zero-order chi connectivity index (χ0) is 18.0. The van der Waals surface area contributed by atoms with Gasteiger partial charge < -0.3 is 19.8 Å². The molecule has 0 bridgehead atoms. The molecule has 1 heterocycles. The van der Waals surface area contributed by atoms with Crippen molar-refractivity contribution in [2.75, 3.05) is 5.32 Å². The van der Waals surface area contributed by atoms with Gasteiger partial charge in [-0.3, -0.25) is 0 Å². The summed E-state index contributed by atoms with van der Waals surface area (Å²) in [6.45, 7) is 3.88. The van der Waals surface area contributed by atoms with E-state index in [0.717, 1.165) is 11.4 Å². The molecule has 0 aliphatic rings. The number of halogens is 3. The Labute approximate surface area is 141 Å². The van der Waals surface area contributed by atoms with Gasteiger partial charge >= 0.3 is 6.36 Å². The first-order valence-electron chi connectivity index (χ1n) is 7.58. The van der Waals surface area contributed by atoms with Gasteiger partial charge in [-0.2, -0.15) is 0 Å². The molecule has 0 amide bonds. The van der Waals surface area contributed by atoms with Crippen molar-refractivity contribution in [1.82, 2.24) is 9.97 Å². The van der Waals surface area contributed by atoms with Crippen LogP contribution < -0.4 is 14.8 Å². The molecule has 0 radical (unpaired) electrons. The number of benzene rings is 2. The van der Waals surface area contributed by atoms with Gasteiger partial charge in [-0.25, -0.2) is 4.98 Å². The van der Waals surface area contributed by atoms with E-state index in [2.05, 4.69) is 20.0 Å². The van der Waals surface area contributed by atoms with Crippen molar-refractivity contribution < 1.29 is 22.6 Å². The van der Waals surface area contributed by atoms with Gasteiger partial charge in [-0.15, -0.1) is 13.2 Å². The zero-order valence-corrected chi connectivity index (χ0v) is 13.5. The summed E-state index contributed by atoms with van der Waals surface area (Å²) in [5.74, 6) is 0.862. The second-order valence-electron chi connectivity index (χ2n) is 5.63. The number of alkyl halides is 3. The largest absolute Gasteiger partial charge is 0.573 e. The number of nitrogens with zero attached hydrogens (tertiary/aromatic N) is 1. The number of hydrogen-bond acceptors (Lipinski definition) is 4. The Kier molecular flexibility index (Phi) is 4.43. The molecule has 0 saturated carbocycles. The molecule has 0 atom stereocenters. The van der Waals surface area contributed by atoms with Crippen molar-refractivity contribution in [2.45, 2.75) is 26.3 Å². The summed E-state index contributed by atoms with van der Waals surface area (Å²) >= 11 is 0. The third kappa shape index (κ3) is 4.56. The Morgan fingerprint density at radius 1 is 1.04 bits per heavy atom. The Bertz CT molecular complexity index is 858. The van der Waals surface area contributed by atoms with Crippen LogP contribution in [-0.4, -0.2) is 22.4 Å². The molecule has 0 spiro atoms. The van der Waals surface area contributed by atoms with E-state index < -0.39 is 6.36 Å². The first kappa shape index (κ1) is 16.9. The Balaban J connectivity index is 1.75. The van der Waals surface area contributed by atoms with Gasteiger partial charge in [0.2, 0.25) is 5.95 Å². The van der Waals surface area contributed by atoms with Gasteiger partial charge in [-0.1, -0.05) is 0 Å². The van der Waals surface area contributed by atoms with E-state index in [1.165, 1.54) is 18.2 Å². The predicted molar refractivity (Wildman–Crippen MR) is 88.3 cm³/mol. The summed E-state index contributed by atoms with van der Waals surface area (Å²) in [5, 5.41) is 3.06. The molecule has 2 aromatic carbocycles.